The molecule has 0 unspecified atom stereocenters. The van der Waals surface area contributed by atoms with Crippen LogP contribution in [0.2, 0.25) is 5.02 Å². The van der Waals surface area contributed by atoms with Crippen LogP contribution in [0.1, 0.15) is 49.5 Å². The zero-order chi connectivity index (χ0) is 34.5. The first-order valence-corrected chi connectivity index (χ1v) is 18.1. The minimum absolute atomic E-state index is 0.179. The molecule has 6 rings (SSSR count). The van der Waals surface area contributed by atoms with Crippen molar-refractivity contribution in [2.75, 3.05) is 18.9 Å². The highest BCUT2D eigenvalue weighted by Gasteiger charge is 2.23. The average Bonchev–Trinajstić information content (AvgIpc) is 3.64. The van der Waals surface area contributed by atoms with Crippen LogP contribution in [0, 0.1) is 13.8 Å². The summed E-state index contributed by atoms with van der Waals surface area (Å²) in [7, 11) is -4.09. The third kappa shape index (κ3) is 7.82. The van der Waals surface area contributed by atoms with Gasteiger partial charge in [0.25, 0.3) is 11.8 Å². The lowest BCUT2D eigenvalue weighted by Gasteiger charge is -2.11. The SMILES string of the molecule is Cc1cc(OCCCc2c(C(=O)NS(=O)(=O)CCNC(=O)c3cn(Cc4ccccc4)c4ccccc34)[nH]c3ccccc23)cc(C)c1Cl. The van der Waals surface area contributed by atoms with Gasteiger partial charge in [-0.25, -0.2) is 13.1 Å². The quantitative estimate of drug-likeness (QED) is 0.113. The molecule has 0 aliphatic rings. The Morgan fingerprint density at radius 3 is 2.31 bits per heavy atom. The molecular formula is C38H37ClN4O5S. The summed E-state index contributed by atoms with van der Waals surface area (Å²) in [6.45, 7) is 4.64. The van der Waals surface area contributed by atoms with Crippen molar-refractivity contribution < 1.29 is 22.7 Å². The fraction of sp³-hybridized carbons (Fsp3) is 0.211. The van der Waals surface area contributed by atoms with Crippen molar-refractivity contribution >= 4 is 55.2 Å². The molecule has 2 amide bonds. The topological polar surface area (TPSA) is 122 Å². The number of carbonyl (C=O) groups is 2. The minimum atomic E-state index is -4.09. The minimum Gasteiger partial charge on any atom is -0.494 e. The van der Waals surface area contributed by atoms with Crippen molar-refractivity contribution in [3.63, 3.8) is 0 Å². The Labute approximate surface area is 290 Å². The van der Waals surface area contributed by atoms with E-state index in [0.717, 1.165) is 38.5 Å². The van der Waals surface area contributed by atoms with E-state index in [1.807, 2.05) is 109 Å². The van der Waals surface area contributed by atoms with Crippen LogP contribution in [0.3, 0.4) is 0 Å². The number of carbonyl (C=O) groups excluding carboxylic acids is 2. The predicted molar refractivity (Wildman–Crippen MR) is 194 cm³/mol. The molecule has 2 heterocycles. The molecule has 0 atom stereocenters. The van der Waals surface area contributed by atoms with Gasteiger partial charge in [0.15, 0.2) is 0 Å². The second-order valence-electron chi connectivity index (χ2n) is 12.0. The molecule has 9 nitrogen and oxygen atoms in total. The zero-order valence-corrected chi connectivity index (χ0v) is 28.8. The number of nitrogens with zero attached hydrogens (tertiary/aromatic N) is 1. The fourth-order valence-electron chi connectivity index (χ4n) is 6.06. The Hall–Kier alpha value is -5.06. The van der Waals surface area contributed by atoms with Crippen molar-refractivity contribution in [2.24, 2.45) is 0 Å². The Kier molecular flexibility index (Phi) is 10.1. The third-order valence-corrected chi connectivity index (χ3v) is 10.3. The third-order valence-electron chi connectivity index (χ3n) is 8.42. The Bertz CT molecular complexity index is 2240. The van der Waals surface area contributed by atoms with E-state index in [1.165, 1.54) is 0 Å². The van der Waals surface area contributed by atoms with E-state index < -0.39 is 27.6 Å². The summed E-state index contributed by atoms with van der Waals surface area (Å²) >= 11 is 6.28. The second-order valence-corrected chi connectivity index (χ2v) is 14.2. The molecule has 49 heavy (non-hydrogen) atoms. The van der Waals surface area contributed by atoms with E-state index in [-0.39, 0.29) is 12.2 Å². The van der Waals surface area contributed by atoms with E-state index in [2.05, 4.69) is 15.0 Å². The van der Waals surface area contributed by atoms with Crippen molar-refractivity contribution in [1.29, 1.82) is 0 Å². The summed E-state index contributed by atoms with van der Waals surface area (Å²) in [5.74, 6) is -0.913. The Morgan fingerprint density at radius 1 is 0.878 bits per heavy atom. The van der Waals surface area contributed by atoms with Crippen molar-refractivity contribution in [3.8, 4) is 5.75 Å². The van der Waals surface area contributed by atoms with Gasteiger partial charge < -0.3 is 19.6 Å². The van der Waals surface area contributed by atoms with Gasteiger partial charge in [0.1, 0.15) is 11.4 Å². The van der Waals surface area contributed by atoms with Crippen molar-refractivity contribution in [1.82, 2.24) is 19.6 Å². The first-order chi connectivity index (χ1) is 23.6. The van der Waals surface area contributed by atoms with Crippen LogP contribution in [-0.4, -0.2) is 48.7 Å². The molecule has 252 valence electrons. The van der Waals surface area contributed by atoms with E-state index >= 15 is 0 Å². The van der Waals surface area contributed by atoms with E-state index in [0.29, 0.717) is 47.9 Å². The van der Waals surface area contributed by atoms with Crippen LogP contribution in [0.15, 0.2) is 97.2 Å². The maximum Gasteiger partial charge on any atom is 0.281 e. The number of para-hydroxylation sites is 2. The first-order valence-electron chi connectivity index (χ1n) is 16.0. The number of halogens is 1. The van der Waals surface area contributed by atoms with Gasteiger partial charge in [-0.2, -0.15) is 0 Å². The molecule has 11 heteroatoms. The number of amides is 2. The first kappa shape index (κ1) is 33.8. The van der Waals surface area contributed by atoms with Gasteiger partial charge in [0, 0.05) is 46.1 Å². The fourth-order valence-corrected chi connectivity index (χ4v) is 7.02. The van der Waals surface area contributed by atoms with E-state index in [1.54, 1.807) is 6.20 Å². The van der Waals surface area contributed by atoms with Crippen LogP contribution in [-0.2, 0) is 23.0 Å². The van der Waals surface area contributed by atoms with Gasteiger partial charge in [-0.3, -0.25) is 9.59 Å². The van der Waals surface area contributed by atoms with Gasteiger partial charge in [-0.1, -0.05) is 78.3 Å². The lowest BCUT2D eigenvalue weighted by atomic mass is 10.1. The predicted octanol–water partition coefficient (Wildman–Crippen LogP) is 6.94. The van der Waals surface area contributed by atoms with Gasteiger partial charge in [-0.05, 0) is 73.2 Å². The van der Waals surface area contributed by atoms with Gasteiger partial charge >= 0.3 is 0 Å². The number of aromatic amines is 1. The number of benzene rings is 4. The van der Waals surface area contributed by atoms with Gasteiger partial charge in [-0.15, -0.1) is 0 Å². The highest BCUT2D eigenvalue weighted by atomic mass is 35.5. The maximum atomic E-state index is 13.4. The molecular weight excluding hydrogens is 660 g/mol. The highest BCUT2D eigenvalue weighted by Crippen LogP contribution is 2.27. The average molecular weight is 697 g/mol. The summed E-state index contributed by atoms with van der Waals surface area (Å²) in [6.07, 6.45) is 2.85. The van der Waals surface area contributed by atoms with E-state index in [9.17, 15) is 18.0 Å². The number of hydrogen-bond donors (Lipinski definition) is 3. The number of ether oxygens (including phenoxy) is 1. The number of H-pyrrole nitrogens is 1. The number of hydrogen-bond acceptors (Lipinski definition) is 5. The molecule has 0 fully saturated rings. The van der Waals surface area contributed by atoms with Crippen LogP contribution >= 0.6 is 11.6 Å². The molecule has 0 aliphatic carbocycles. The maximum absolute atomic E-state index is 13.4. The molecule has 0 saturated heterocycles. The molecule has 0 spiro atoms. The molecule has 0 aliphatic heterocycles. The Morgan fingerprint density at radius 2 is 1.55 bits per heavy atom. The largest absolute Gasteiger partial charge is 0.494 e. The summed E-state index contributed by atoms with van der Waals surface area (Å²) in [4.78, 5) is 29.7. The van der Waals surface area contributed by atoms with Crippen molar-refractivity contribution in [3.05, 3.63) is 136 Å². The van der Waals surface area contributed by atoms with Crippen LogP contribution in [0.25, 0.3) is 21.8 Å². The number of fused-ring (bicyclic) bond motifs is 2. The van der Waals surface area contributed by atoms with E-state index in [4.69, 9.17) is 16.3 Å². The molecule has 0 radical (unpaired) electrons. The summed E-state index contributed by atoms with van der Waals surface area (Å²) in [5, 5.41) is 5.03. The standard InChI is InChI=1S/C38H37ClN4O5S/c1-25-21-28(22-26(2)35(25)39)48-19-10-15-31-29-13-6-8-16-33(29)41-36(31)38(45)42-49(46,47)20-18-40-37(44)32-24-43(23-27-11-4-3-5-12-27)34-17-9-7-14-30(32)34/h3-9,11-14,16-17,21-22,24,41H,10,15,18-20,23H2,1-2H3,(H,40,44)(H,42,45). The molecule has 3 N–H and O–H groups in total. The van der Waals surface area contributed by atoms with Gasteiger partial charge in [0.05, 0.1) is 17.9 Å². The summed E-state index contributed by atoms with van der Waals surface area (Å²) < 4.78 is 36.2. The molecule has 0 saturated carbocycles. The van der Waals surface area contributed by atoms with Crippen LogP contribution in [0.4, 0.5) is 0 Å². The molecule has 2 aromatic heterocycles. The van der Waals surface area contributed by atoms with Crippen LogP contribution < -0.4 is 14.8 Å². The number of rotatable bonds is 13. The molecule has 4 aromatic carbocycles. The normalized spacial score (nSPS) is 11.6. The number of aryl methyl sites for hydroxylation is 3. The number of aromatic nitrogens is 2. The van der Waals surface area contributed by atoms with Gasteiger partial charge in [0.2, 0.25) is 10.0 Å². The highest BCUT2D eigenvalue weighted by molar-refractivity contribution is 7.90. The molecule has 0 bridgehead atoms. The zero-order valence-electron chi connectivity index (χ0n) is 27.3. The smallest absolute Gasteiger partial charge is 0.281 e. The molecule has 6 aromatic rings. The lowest BCUT2D eigenvalue weighted by Crippen LogP contribution is -2.37. The van der Waals surface area contributed by atoms with Crippen LogP contribution in [0.5, 0.6) is 5.75 Å². The number of nitrogens with one attached hydrogen (secondary N) is 3. The lowest BCUT2D eigenvalue weighted by molar-refractivity contribution is 0.0956. The Balaban J connectivity index is 1.08. The van der Waals surface area contributed by atoms with Crippen molar-refractivity contribution in [2.45, 2.75) is 33.2 Å². The summed E-state index contributed by atoms with van der Waals surface area (Å²) in [5.41, 5.74) is 5.90. The number of sulfonamides is 1. The monoisotopic (exact) mass is 696 g/mol. The second kappa shape index (κ2) is 14.6. The summed E-state index contributed by atoms with van der Waals surface area (Å²) in [6, 6.07) is 28.7.